The molecule has 1 aromatic carbocycles. The highest BCUT2D eigenvalue weighted by molar-refractivity contribution is 6.00. The number of nitrogens with one attached hydrogen (secondary N) is 1. The van der Waals surface area contributed by atoms with Crippen molar-refractivity contribution in [2.45, 2.75) is 39.4 Å². The zero-order valence-electron chi connectivity index (χ0n) is 18.7. The average Bonchev–Trinajstić information content (AvgIpc) is 2.78. The van der Waals surface area contributed by atoms with Gasteiger partial charge in [-0.25, -0.2) is 0 Å². The van der Waals surface area contributed by atoms with Crippen LogP contribution in [0.4, 0.5) is 5.69 Å². The van der Waals surface area contributed by atoms with Crippen molar-refractivity contribution in [3.05, 3.63) is 89.5 Å². The van der Waals surface area contributed by atoms with Crippen molar-refractivity contribution in [1.29, 1.82) is 0 Å². The zero-order chi connectivity index (χ0) is 22.9. The Bertz CT molecular complexity index is 999. The number of hydrogen-bond donors (Lipinski definition) is 1. The van der Waals surface area contributed by atoms with E-state index in [9.17, 15) is 9.59 Å². The Labute approximate surface area is 188 Å². The Morgan fingerprint density at radius 3 is 2.72 bits per heavy atom. The summed E-state index contributed by atoms with van der Waals surface area (Å²) >= 11 is 0. The van der Waals surface area contributed by atoms with Gasteiger partial charge < -0.3 is 19.5 Å². The summed E-state index contributed by atoms with van der Waals surface area (Å²) in [4.78, 5) is 23.8. The third kappa shape index (κ3) is 6.82. The van der Waals surface area contributed by atoms with Gasteiger partial charge in [-0.1, -0.05) is 37.3 Å². The van der Waals surface area contributed by atoms with Gasteiger partial charge in [-0.15, -0.1) is 0 Å². The molecule has 6 nitrogen and oxygen atoms in total. The molecule has 0 saturated carbocycles. The van der Waals surface area contributed by atoms with Crippen molar-refractivity contribution in [2.24, 2.45) is 5.92 Å². The first-order valence-electron chi connectivity index (χ1n) is 10.7. The number of para-hydroxylation sites is 1. The average molecular weight is 436 g/mol. The molecule has 2 unspecified atom stereocenters. The number of hydrogen-bond acceptors (Lipinski definition) is 5. The monoisotopic (exact) mass is 435 g/mol. The molecular formula is C26H29NO5. The second-order valence-corrected chi connectivity index (χ2v) is 7.75. The maximum Gasteiger partial charge on any atom is 0.307 e. The molecule has 6 heteroatoms. The summed E-state index contributed by atoms with van der Waals surface area (Å²) in [7, 11) is 1.56. The number of anilines is 1. The van der Waals surface area contributed by atoms with Crippen LogP contribution in [0.25, 0.3) is 0 Å². The van der Waals surface area contributed by atoms with E-state index < -0.39 is 5.97 Å². The summed E-state index contributed by atoms with van der Waals surface area (Å²) in [5.41, 5.74) is 2.36. The van der Waals surface area contributed by atoms with E-state index in [-0.39, 0.29) is 12.0 Å². The fourth-order valence-corrected chi connectivity index (χ4v) is 3.36. The largest absolute Gasteiger partial charge is 0.489 e. The third-order valence-electron chi connectivity index (χ3n) is 5.12. The lowest BCUT2D eigenvalue weighted by molar-refractivity contribution is -0.138. The van der Waals surface area contributed by atoms with Crippen LogP contribution in [0.1, 0.15) is 32.3 Å². The number of carbonyl (C=O) groups is 2. The first kappa shape index (κ1) is 23.3. The van der Waals surface area contributed by atoms with Gasteiger partial charge in [-0.05, 0) is 54.7 Å². The van der Waals surface area contributed by atoms with Crippen LogP contribution in [-0.4, -0.2) is 25.1 Å². The Hall–Kier alpha value is -3.38. The number of amides is 1. The first-order valence-corrected chi connectivity index (χ1v) is 10.7. The number of carbonyl (C=O) groups excluding carboxylic acids is 2. The molecule has 0 saturated heterocycles. The molecule has 0 spiro atoms. The van der Waals surface area contributed by atoms with Gasteiger partial charge in [0.15, 0.2) is 0 Å². The fraction of sp³-hybridized carbons (Fsp3) is 0.308. The molecule has 32 heavy (non-hydrogen) atoms. The summed E-state index contributed by atoms with van der Waals surface area (Å²) in [5, 5.41) is 2.91. The minimum atomic E-state index is -0.408. The van der Waals surface area contributed by atoms with Crippen LogP contribution in [0.15, 0.2) is 83.9 Å². The van der Waals surface area contributed by atoms with Crippen molar-refractivity contribution < 1.29 is 23.8 Å². The normalized spacial score (nSPS) is 20.3. The Kier molecular flexibility index (Phi) is 8.22. The topological polar surface area (TPSA) is 73.9 Å². The summed E-state index contributed by atoms with van der Waals surface area (Å²) in [6.45, 7) is 3.87. The molecule has 0 radical (unpaired) electrons. The smallest absolute Gasteiger partial charge is 0.307 e. The highest BCUT2D eigenvalue weighted by Crippen LogP contribution is 2.23. The van der Waals surface area contributed by atoms with E-state index in [1.54, 1.807) is 19.3 Å². The minimum absolute atomic E-state index is 0.264. The lowest BCUT2D eigenvalue weighted by atomic mass is 10.0. The van der Waals surface area contributed by atoms with E-state index in [2.05, 4.69) is 24.4 Å². The molecule has 3 rings (SSSR count). The highest BCUT2D eigenvalue weighted by Gasteiger charge is 2.20. The van der Waals surface area contributed by atoms with Gasteiger partial charge in [0.2, 0.25) is 5.91 Å². The zero-order valence-corrected chi connectivity index (χ0v) is 18.7. The molecule has 0 aliphatic heterocycles. The maximum absolute atomic E-state index is 12.5. The molecule has 168 valence electrons. The maximum atomic E-state index is 12.5. The second kappa shape index (κ2) is 11.3. The standard InChI is InChI=1S/C26H29NO5/c1-18-8-12-22(13-9-18)31-17-21-6-4-5-7-23(21)27-26(29)15-11-20-10-14-24(30-3)25(16-20)32-19(2)28/h4-8,10-13,15-16,18,24H,9,14,17H2,1-3H3,(H,27,29)/b15-11+. The van der Waals surface area contributed by atoms with E-state index in [4.69, 9.17) is 14.2 Å². The number of ether oxygens (including phenoxy) is 3. The molecule has 0 heterocycles. The predicted molar refractivity (Wildman–Crippen MR) is 123 cm³/mol. The molecule has 0 bridgehead atoms. The van der Waals surface area contributed by atoms with Crippen LogP contribution in [0, 0.1) is 5.92 Å². The fourth-order valence-electron chi connectivity index (χ4n) is 3.36. The molecule has 2 atom stereocenters. The highest BCUT2D eigenvalue weighted by atomic mass is 16.6. The molecule has 1 amide bonds. The SMILES string of the molecule is COC1CC=C(/C=C/C(=O)Nc2ccccc2COC2=CCC(C)C=C2)C=C1OC(C)=O. The Balaban J connectivity index is 1.61. The number of benzene rings is 1. The first-order chi connectivity index (χ1) is 15.4. The summed E-state index contributed by atoms with van der Waals surface area (Å²) < 4.78 is 16.4. The van der Waals surface area contributed by atoms with Gasteiger partial charge in [-0.2, -0.15) is 0 Å². The summed E-state index contributed by atoms with van der Waals surface area (Å²) in [6.07, 6.45) is 14.2. The van der Waals surface area contributed by atoms with Gasteiger partial charge in [0.1, 0.15) is 24.2 Å². The van der Waals surface area contributed by atoms with E-state index >= 15 is 0 Å². The third-order valence-corrected chi connectivity index (χ3v) is 5.12. The van der Waals surface area contributed by atoms with Crippen molar-refractivity contribution in [2.75, 3.05) is 12.4 Å². The molecule has 1 N–H and O–H groups in total. The molecule has 2 aliphatic rings. The molecule has 0 aromatic heterocycles. The van der Waals surface area contributed by atoms with Crippen molar-refractivity contribution in [3.63, 3.8) is 0 Å². The Morgan fingerprint density at radius 1 is 1.19 bits per heavy atom. The number of methoxy groups -OCH3 is 1. The number of rotatable bonds is 8. The lowest BCUT2D eigenvalue weighted by Gasteiger charge is -2.20. The molecule has 0 fully saturated rings. The minimum Gasteiger partial charge on any atom is -0.489 e. The van der Waals surface area contributed by atoms with Crippen LogP contribution in [0.2, 0.25) is 0 Å². The van der Waals surface area contributed by atoms with E-state index in [0.29, 0.717) is 30.4 Å². The Morgan fingerprint density at radius 2 is 2.00 bits per heavy atom. The van der Waals surface area contributed by atoms with Gasteiger partial charge in [0, 0.05) is 31.4 Å². The molecule has 2 aliphatic carbocycles. The van der Waals surface area contributed by atoms with Crippen LogP contribution < -0.4 is 5.32 Å². The van der Waals surface area contributed by atoms with Crippen LogP contribution in [0.5, 0.6) is 0 Å². The van der Waals surface area contributed by atoms with Crippen LogP contribution in [-0.2, 0) is 30.4 Å². The van der Waals surface area contributed by atoms with Crippen LogP contribution in [0.3, 0.4) is 0 Å². The quantitative estimate of drug-likeness (QED) is 0.461. The lowest BCUT2D eigenvalue weighted by Crippen LogP contribution is -2.19. The predicted octanol–water partition coefficient (Wildman–Crippen LogP) is 4.97. The van der Waals surface area contributed by atoms with Gasteiger partial charge in [0.25, 0.3) is 0 Å². The summed E-state index contributed by atoms with van der Waals surface area (Å²) in [5.74, 6) is 1.14. The number of esters is 1. The second-order valence-electron chi connectivity index (χ2n) is 7.75. The van der Waals surface area contributed by atoms with Gasteiger partial charge >= 0.3 is 5.97 Å². The van der Waals surface area contributed by atoms with Gasteiger partial charge in [0.05, 0.1) is 0 Å². The van der Waals surface area contributed by atoms with E-state index in [0.717, 1.165) is 23.3 Å². The molecular weight excluding hydrogens is 406 g/mol. The number of allylic oxidation sites excluding steroid dienone is 6. The summed E-state index contributed by atoms with van der Waals surface area (Å²) in [6, 6.07) is 7.56. The van der Waals surface area contributed by atoms with Crippen molar-refractivity contribution >= 4 is 17.6 Å². The molecule has 1 aromatic rings. The van der Waals surface area contributed by atoms with Gasteiger partial charge in [-0.3, -0.25) is 9.59 Å². The van der Waals surface area contributed by atoms with E-state index in [1.807, 2.05) is 36.4 Å². The van der Waals surface area contributed by atoms with Crippen molar-refractivity contribution in [1.82, 2.24) is 0 Å². The van der Waals surface area contributed by atoms with E-state index in [1.165, 1.54) is 13.0 Å². The van der Waals surface area contributed by atoms with Crippen molar-refractivity contribution in [3.8, 4) is 0 Å². The van der Waals surface area contributed by atoms with Crippen LogP contribution >= 0.6 is 0 Å².